The number of phenols is 2. The van der Waals surface area contributed by atoms with Gasteiger partial charge in [-0.15, -0.1) is 0 Å². The standard InChI is InChI=1S/C31H42O8/c1-3-5-7-9-11-13-29(35)37-22-18-27(38-30(36)14-12-10-8-6-4-2)23-20-26(34)31(39-28(23)19-22)21-15-16-24(32)25(33)17-21/h15-19,26,31-34H,3-14,20H2,1-2H3/t26-,31+/m1/s1. The largest absolute Gasteiger partial charge is 0.504 e. The van der Waals surface area contributed by atoms with Crippen molar-refractivity contribution < 1.29 is 39.1 Å². The van der Waals surface area contributed by atoms with Crippen molar-refractivity contribution in [3.8, 4) is 28.7 Å². The molecule has 1 aliphatic heterocycles. The van der Waals surface area contributed by atoms with Crippen LogP contribution in [0.1, 0.15) is 108 Å². The number of esters is 2. The van der Waals surface area contributed by atoms with Gasteiger partial charge >= 0.3 is 11.9 Å². The normalized spacial score (nSPS) is 16.3. The molecule has 8 nitrogen and oxygen atoms in total. The van der Waals surface area contributed by atoms with Crippen molar-refractivity contribution in [2.24, 2.45) is 0 Å². The van der Waals surface area contributed by atoms with Crippen molar-refractivity contribution in [2.45, 2.75) is 110 Å². The highest BCUT2D eigenvalue weighted by molar-refractivity contribution is 5.75. The molecule has 0 fully saturated rings. The lowest BCUT2D eigenvalue weighted by Crippen LogP contribution is -2.31. The predicted octanol–water partition coefficient (Wildman–Crippen LogP) is 6.67. The molecular weight excluding hydrogens is 500 g/mol. The summed E-state index contributed by atoms with van der Waals surface area (Å²) in [6.07, 6.45) is 8.80. The molecule has 3 rings (SSSR count). The van der Waals surface area contributed by atoms with Crippen LogP contribution in [0.3, 0.4) is 0 Å². The van der Waals surface area contributed by atoms with E-state index >= 15 is 0 Å². The molecule has 0 aromatic heterocycles. The van der Waals surface area contributed by atoms with Crippen LogP contribution in [0, 0.1) is 0 Å². The summed E-state index contributed by atoms with van der Waals surface area (Å²) in [4.78, 5) is 25.2. The topological polar surface area (TPSA) is 123 Å². The Hall–Kier alpha value is -3.26. The summed E-state index contributed by atoms with van der Waals surface area (Å²) in [6, 6.07) is 7.27. The third kappa shape index (κ3) is 9.17. The average Bonchev–Trinajstić information content (AvgIpc) is 2.90. The maximum absolute atomic E-state index is 12.6. The molecule has 0 saturated heterocycles. The maximum atomic E-state index is 12.6. The minimum absolute atomic E-state index is 0.117. The Labute approximate surface area is 230 Å². The van der Waals surface area contributed by atoms with E-state index in [9.17, 15) is 24.9 Å². The molecule has 8 heteroatoms. The summed E-state index contributed by atoms with van der Waals surface area (Å²) in [7, 11) is 0. The van der Waals surface area contributed by atoms with Crippen LogP contribution in [0.4, 0.5) is 0 Å². The Balaban J connectivity index is 1.78. The highest BCUT2D eigenvalue weighted by Crippen LogP contribution is 2.43. The first-order chi connectivity index (χ1) is 18.8. The molecule has 0 saturated carbocycles. The lowest BCUT2D eigenvalue weighted by atomic mass is 9.94. The molecule has 214 valence electrons. The van der Waals surface area contributed by atoms with Crippen molar-refractivity contribution in [1.82, 2.24) is 0 Å². The summed E-state index contributed by atoms with van der Waals surface area (Å²) in [5, 5.41) is 30.5. The second kappa shape index (κ2) is 15.4. The number of carbonyl (C=O) groups excluding carboxylic acids is 2. The summed E-state index contributed by atoms with van der Waals surface area (Å²) in [5.41, 5.74) is 0.962. The Bertz CT molecular complexity index is 1100. The van der Waals surface area contributed by atoms with Gasteiger partial charge in [0.2, 0.25) is 0 Å². The lowest BCUT2D eigenvalue weighted by Gasteiger charge is -2.32. The highest BCUT2D eigenvalue weighted by atomic mass is 16.6. The third-order valence-corrected chi connectivity index (χ3v) is 6.91. The molecule has 0 bridgehead atoms. The lowest BCUT2D eigenvalue weighted by molar-refractivity contribution is -0.135. The van der Waals surface area contributed by atoms with E-state index in [0.717, 1.165) is 64.2 Å². The number of benzene rings is 2. The van der Waals surface area contributed by atoms with Gasteiger partial charge in [-0.3, -0.25) is 9.59 Å². The number of fused-ring (bicyclic) bond motifs is 1. The minimum Gasteiger partial charge on any atom is -0.504 e. The Morgan fingerprint density at radius 2 is 1.44 bits per heavy atom. The van der Waals surface area contributed by atoms with Gasteiger partial charge in [-0.2, -0.15) is 0 Å². The van der Waals surface area contributed by atoms with Gasteiger partial charge in [0.25, 0.3) is 0 Å². The number of unbranched alkanes of at least 4 members (excludes halogenated alkanes) is 8. The number of rotatable bonds is 15. The van der Waals surface area contributed by atoms with Crippen LogP contribution < -0.4 is 14.2 Å². The summed E-state index contributed by atoms with van der Waals surface area (Å²) in [6.45, 7) is 4.27. The first-order valence-corrected chi connectivity index (χ1v) is 14.3. The van der Waals surface area contributed by atoms with E-state index in [1.165, 1.54) is 18.2 Å². The van der Waals surface area contributed by atoms with Crippen molar-refractivity contribution in [1.29, 1.82) is 0 Å². The molecule has 2 aromatic carbocycles. The van der Waals surface area contributed by atoms with Crippen LogP contribution in [0.25, 0.3) is 0 Å². The van der Waals surface area contributed by atoms with Crippen LogP contribution in [-0.2, 0) is 16.0 Å². The van der Waals surface area contributed by atoms with Gasteiger partial charge in [0.15, 0.2) is 11.5 Å². The van der Waals surface area contributed by atoms with Gasteiger partial charge < -0.3 is 29.5 Å². The first-order valence-electron chi connectivity index (χ1n) is 14.3. The van der Waals surface area contributed by atoms with Crippen LogP contribution in [0.2, 0.25) is 0 Å². The van der Waals surface area contributed by atoms with Gasteiger partial charge in [-0.1, -0.05) is 71.3 Å². The molecule has 39 heavy (non-hydrogen) atoms. The van der Waals surface area contributed by atoms with E-state index in [4.69, 9.17) is 14.2 Å². The van der Waals surface area contributed by atoms with E-state index < -0.39 is 18.2 Å². The second-order valence-corrected chi connectivity index (χ2v) is 10.2. The fourth-order valence-electron chi connectivity index (χ4n) is 4.69. The predicted molar refractivity (Wildman–Crippen MR) is 147 cm³/mol. The van der Waals surface area contributed by atoms with E-state index in [1.54, 1.807) is 12.1 Å². The monoisotopic (exact) mass is 542 g/mol. The molecule has 2 aromatic rings. The zero-order valence-corrected chi connectivity index (χ0v) is 23.1. The molecule has 0 amide bonds. The SMILES string of the molecule is CCCCCCCC(=O)Oc1cc(OC(=O)CCCCCCC)c2c(c1)O[C@@H](c1ccc(O)c(O)c1)[C@H](O)C2. The summed E-state index contributed by atoms with van der Waals surface area (Å²) < 4.78 is 17.4. The highest BCUT2D eigenvalue weighted by Gasteiger charge is 2.33. The molecular formula is C31H42O8. The number of ether oxygens (including phenoxy) is 3. The van der Waals surface area contributed by atoms with Crippen LogP contribution in [0.5, 0.6) is 28.7 Å². The van der Waals surface area contributed by atoms with Crippen LogP contribution in [0.15, 0.2) is 30.3 Å². The van der Waals surface area contributed by atoms with E-state index in [2.05, 4.69) is 13.8 Å². The Kier molecular flexibility index (Phi) is 11.9. The van der Waals surface area contributed by atoms with E-state index in [0.29, 0.717) is 16.9 Å². The second-order valence-electron chi connectivity index (χ2n) is 10.2. The Morgan fingerprint density at radius 1 is 0.821 bits per heavy atom. The number of aliphatic hydroxyl groups excluding tert-OH is 1. The van der Waals surface area contributed by atoms with Gasteiger partial charge in [-0.05, 0) is 30.5 Å². The van der Waals surface area contributed by atoms with E-state index in [-0.39, 0.29) is 48.2 Å². The number of aromatic hydroxyl groups is 2. The van der Waals surface area contributed by atoms with Gasteiger partial charge in [0, 0.05) is 37.0 Å². The zero-order valence-electron chi connectivity index (χ0n) is 23.1. The van der Waals surface area contributed by atoms with Crippen molar-refractivity contribution >= 4 is 11.9 Å². The molecule has 0 unspecified atom stereocenters. The van der Waals surface area contributed by atoms with Gasteiger partial charge in [0.05, 0.1) is 6.10 Å². The van der Waals surface area contributed by atoms with Crippen molar-refractivity contribution in [3.05, 3.63) is 41.5 Å². The Morgan fingerprint density at radius 3 is 2.05 bits per heavy atom. The van der Waals surface area contributed by atoms with E-state index in [1.807, 2.05) is 0 Å². The first kappa shape index (κ1) is 30.3. The third-order valence-electron chi connectivity index (χ3n) is 6.91. The van der Waals surface area contributed by atoms with Crippen molar-refractivity contribution in [3.63, 3.8) is 0 Å². The molecule has 3 N–H and O–H groups in total. The average molecular weight is 543 g/mol. The zero-order chi connectivity index (χ0) is 28.2. The maximum Gasteiger partial charge on any atom is 0.311 e. The quantitative estimate of drug-likeness (QED) is 0.0987. The fraction of sp³-hybridized carbons (Fsp3) is 0.548. The summed E-state index contributed by atoms with van der Waals surface area (Å²) in [5.74, 6) is -0.674. The molecule has 1 aliphatic rings. The minimum atomic E-state index is -1.01. The van der Waals surface area contributed by atoms with Gasteiger partial charge in [-0.25, -0.2) is 0 Å². The fourth-order valence-corrected chi connectivity index (χ4v) is 4.69. The number of hydrogen-bond acceptors (Lipinski definition) is 8. The number of hydrogen-bond donors (Lipinski definition) is 3. The molecule has 1 heterocycles. The van der Waals surface area contributed by atoms with Gasteiger partial charge in [0.1, 0.15) is 23.4 Å². The van der Waals surface area contributed by atoms with Crippen LogP contribution in [-0.4, -0.2) is 33.4 Å². The van der Waals surface area contributed by atoms with Crippen LogP contribution >= 0.6 is 0 Å². The summed E-state index contributed by atoms with van der Waals surface area (Å²) >= 11 is 0. The molecule has 0 spiro atoms. The smallest absolute Gasteiger partial charge is 0.311 e. The number of phenolic OH excluding ortho intramolecular Hbond substituents is 2. The molecule has 2 atom stereocenters. The number of aliphatic hydroxyl groups is 1. The molecule has 0 aliphatic carbocycles. The molecule has 0 radical (unpaired) electrons. The number of carbonyl (C=O) groups is 2. The van der Waals surface area contributed by atoms with Crippen molar-refractivity contribution in [2.75, 3.05) is 0 Å².